The summed E-state index contributed by atoms with van der Waals surface area (Å²) in [6.07, 6.45) is 0. The maximum Gasteiger partial charge on any atom is 0.137 e. The van der Waals surface area contributed by atoms with Crippen molar-refractivity contribution in [3.63, 3.8) is 0 Å². The first-order valence-electron chi connectivity index (χ1n) is 5.57. The zero-order valence-corrected chi connectivity index (χ0v) is 11.4. The van der Waals surface area contributed by atoms with Crippen LogP contribution in [-0.2, 0) is 0 Å². The zero-order chi connectivity index (χ0) is 13.1. The number of hydrogen-bond donors (Lipinski definition) is 2. The quantitative estimate of drug-likeness (QED) is 0.877. The molecule has 0 aliphatic rings. The summed E-state index contributed by atoms with van der Waals surface area (Å²) in [5, 5.41) is 12.7. The van der Waals surface area contributed by atoms with Gasteiger partial charge in [-0.05, 0) is 58.7 Å². The number of anilines is 1. The molecule has 18 heavy (non-hydrogen) atoms. The molecular formula is C14H13BrFNO. The number of phenols is 1. The van der Waals surface area contributed by atoms with Gasteiger partial charge in [0.15, 0.2) is 0 Å². The van der Waals surface area contributed by atoms with E-state index in [1.807, 2.05) is 13.0 Å². The third-order valence-electron chi connectivity index (χ3n) is 2.67. The Balaban J connectivity index is 2.16. The molecule has 2 aromatic rings. The molecule has 0 saturated carbocycles. The number of benzene rings is 2. The van der Waals surface area contributed by atoms with Gasteiger partial charge in [0, 0.05) is 11.7 Å². The van der Waals surface area contributed by atoms with Crippen LogP contribution in [0, 0.1) is 5.82 Å². The molecule has 0 amide bonds. The Labute approximate surface area is 114 Å². The van der Waals surface area contributed by atoms with Crippen molar-refractivity contribution < 1.29 is 9.50 Å². The Hall–Kier alpha value is -1.55. The molecule has 2 N–H and O–H groups in total. The van der Waals surface area contributed by atoms with Crippen molar-refractivity contribution in [2.24, 2.45) is 0 Å². The molecule has 94 valence electrons. The summed E-state index contributed by atoms with van der Waals surface area (Å²) in [6.45, 7) is 1.98. The molecule has 0 spiro atoms. The largest absolute Gasteiger partial charge is 0.508 e. The van der Waals surface area contributed by atoms with Crippen LogP contribution in [-0.4, -0.2) is 5.11 Å². The minimum Gasteiger partial charge on any atom is -0.508 e. The van der Waals surface area contributed by atoms with Crippen LogP contribution in [0.15, 0.2) is 46.9 Å². The van der Waals surface area contributed by atoms with Gasteiger partial charge >= 0.3 is 0 Å². The molecular weight excluding hydrogens is 297 g/mol. The van der Waals surface area contributed by atoms with E-state index < -0.39 is 0 Å². The maximum atomic E-state index is 13.1. The van der Waals surface area contributed by atoms with Gasteiger partial charge in [0.05, 0.1) is 4.47 Å². The summed E-state index contributed by atoms with van der Waals surface area (Å²) in [6, 6.07) is 11.9. The van der Waals surface area contributed by atoms with Gasteiger partial charge in [-0.3, -0.25) is 0 Å². The van der Waals surface area contributed by atoms with Crippen molar-refractivity contribution in [2.45, 2.75) is 13.0 Å². The highest BCUT2D eigenvalue weighted by Gasteiger charge is 2.07. The standard InChI is InChI=1S/C14H13BrFNO/c1-9(10-3-2-4-12(18)7-10)17-11-5-6-14(16)13(15)8-11/h2-9,17-18H,1H3. The fraction of sp³-hybridized carbons (Fsp3) is 0.143. The monoisotopic (exact) mass is 309 g/mol. The molecule has 2 nitrogen and oxygen atoms in total. The molecule has 2 aromatic carbocycles. The molecule has 0 saturated heterocycles. The van der Waals surface area contributed by atoms with Crippen LogP contribution in [0.3, 0.4) is 0 Å². The summed E-state index contributed by atoms with van der Waals surface area (Å²) < 4.78 is 13.5. The smallest absolute Gasteiger partial charge is 0.137 e. The van der Waals surface area contributed by atoms with Crippen molar-refractivity contribution in [3.8, 4) is 5.75 Å². The van der Waals surface area contributed by atoms with Gasteiger partial charge in [0.1, 0.15) is 11.6 Å². The van der Waals surface area contributed by atoms with Gasteiger partial charge < -0.3 is 10.4 Å². The Morgan fingerprint density at radius 3 is 2.67 bits per heavy atom. The lowest BCUT2D eigenvalue weighted by molar-refractivity contribution is 0.474. The molecule has 0 aliphatic heterocycles. The Kier molecular flexibility index (Phi) is 3.87. The number of hydrogen-bond acceptors (Lipinski definition) is 2. The predicted octanol–water partition coefficient (Wildman–Crippen LogP) is 4.47. The van der Waals surface area contributed by atoms with Crippen LogP contribution in [0.1, 0.15) is 18.5 Å². The molecule has 1 unspecified atom stereocenters. The molecule has 4 heteroatoms. The highest BCUT2D eigenvalue weighted by atomic mass is 79.9. The molecule has 0 fully saturated rings. The van der Waals surface area contributed by atoms with Gasteiger partial charge in [0.2, 0.25) is 0 Å². The summed E-state index contributed by atoms with van der Waals surface area (Å²) in [4.78, 5) is 0. The Bertz CT molecular complexity index is 559. The van der Waals surface area contributed by atoms with E-state index in [9.17, 15) is 9.50 Å². The second kappa shape index (κ2) is 5.40. The van der Waals surface area contributed by atoms with Crippen molar-refractivity contribution >= 4 is 21.6 Å². The Morgan fingerprint density at radius 2 is 2.00 bits per heavy atom. The first-order chi connectivity index (χ1) is 8.56. The lowest BCUT2D eigenvalue weighted by atomic mass is 10.1. The van der Waals surface area contributed by atoms with Gasteiger partial charge in [0.25, 0.3) is 0 Å². The van der Waals surface area contributed by atoms with E-state index in [-0.39, 0.29) is 17.6 Å². The van der Waals surface area contributed by atoms with E-state index in [1.165, 1.54) is 6.07 Å². The fourth-order valence-corrected chi connectivity index (χ4v) is 2.09. The average molecular weight is 310 g/mol. The summed E-state index contributed by atoms with van der Waals surface area (Å²) in [5.41, 5.74) is 1.79. The van der Waals surface area contributed by atoms with E-state index >= 15 is 0 Å². The maximum absolute atomic E-state index is 13.1. The molecule has 0 aliphatic carbocycles. The summed E-state index contributed by atoms with van der Waals surface area (Å²) in [7, 11) is 0. The van der Waals surface area contributed by atoms with E-state index in [1.54, 1.807) is 30.3 Å². The predicted molar refractivity (Wildman–Crippen MR) is 74.2 cm³/mol. The van der Waals surface area contributed by atoms with E-state index in [0.717, 1.165) is 11.3 Å². The summed E-state index contributed by atoms with van der Waals surface area (Å²) in [5.74, 6) is -0.0491. The highest BCUT2D eigenvalue weighted by Crippen LogP contribution is 2.25. The highest BCUT2D eigenvalue weighted by molar-refractivity contribution is 9.10. The molecule has 1 atom stereocenters. The zero-order valence-electron chi connectivity index (χ0n) is 9.82. The van der Waals surface area contributed by atoms with Crippen LogP contribution in [0.2, 0.25) is 0 Å². The number of rotatable bonds is 3. The summed E-state index contributed by atoms with van der Waals surface area (Å²) >= 11 is 3.15. The first-order valence-corrected chi connectivity index (χ1v) is 6.36. The SMILES string of the molecule is CC(Nc1ccc(F)c(Br)c1)c1cccc(O)c1. The van der Waals surface area contributed by atoms with Crippen LogP contribution in [0.4, 0.5) is 10.1 Å². The molecule has 0 radical (unpaired) electrons. The third kappa shape index (κ3) is 3.01. The van der Waals surface area contributed by atoms with Crippen LogP contribution < -0.4 is 5.32 Å². The van der Waals surface area contributed by atoms with Crippen LogP contribution in [0.25, 0.3) is 0 Å². The lowest BCUT2D eigenvalue weighted by Crippen LogP contribution is -2.06. The van der Waals surface area contributed by atoms with Crippen molar-refractivity contribution in [1.29, 1.82) is 0 Å². The lowest BCUT2D eigenvalue weighted by Gasteiger charge is -2.16. The average Bonchev–Trinajstić information content (AvgIpc) is 2.34. The minimum atomic E-state index is -0.287. The molecule has 0 bridgehead atoms. The normalized spacial score (nSPS) is 12.2. The molecule has 0 aromatic heterocycles. The van der Waals surface area contributed by atoms with E-state index in [4.69, 9.17) is 0 Å². The van der Waals surface area contributed by atoms with Crippen molar-refractivity contribution in [3.05, 3.63) is 58.3 Å². The number of halogens is 2. The van der Waals surface area contributed by atoms with Crippen molar-refractivity contribution in [1.82, 2.24) is 0 Å². The van der Waals surface area contributed by atoms with Gasteiger partial charge in [-0.15, -0.1) is 0 Å². The van der Waals surface area contributed by atoms with Gasteiger partial charge in [-0.2, -0.15) is 0 Å². The number of nitrogens with one attached hydrogen (secondary N) is 1. The van der Waals surface area contributed by atoms with E-state index in [2.05, 4.69) is 21.2 Å². The topological polar surface area (TPSA) is 32.3 Å². The minimum absolute atomic E-state index is 0.0226. The van der Waals surface area contributed by atoms with Gasteiger partial charge in [-0.1, -0.05) is 12.1 Å². The van der Waals surface area contributed by atoms with Crippen LogP contribution in [0.5, 0.6) is 5.75 Å². The number of phenolic OH excluding ortho intramolecular Hbond substituents is 1. The fourth-order valence-electron chi connectivity index (χ4n) is 1.71. The second-order valence-electron chi connectivity index (χ2n) is 4.09. The first kappa shape index (κ1) is 12.9. The molecule has 2 rings (SSSR count). The Morgan fingerprint density at radius 1 is 1.22 bits per heavy atom. The third-order valence-corrected chi connectivity index (χ3v) is 3.28. The van der Waals surface area contributed by atoms with E-state index in [0.29, 0.717) is 4.47 Å². The van der Waals surface area contributed by atoms with Crippen molar-refractivity contribution in [2.75, 3.05) is 5.32 Å². The molecule has 0 heterocycles. The van der Waals surface area contributed by atoms with Crippen LogP contribution >= 0.6 is 15.9 Å². The second-order valence-corrected chi connectivity index (χ2v) is 4.94. The van der Waals surface area contributed by atoms with Gasteiger partial charge in [-0.25, -0.2) is 4.39 Å². The number of aromatic hydroxyl groups is 1.